The third-order valence-corrected chi connectivity index (χ3v) is 6.51. The summed E-state index contributed by atoms with van der Waals surface area (Å²) < 4.78 is 27.0. The Morgan fingerprint density at radius 1 is 1.17 bits per heavy atom. The van der Waals surface area contributed by atoms with Crippen LogP contribution < -0.4 is 4.90 Å². The number of hydrogen-bond acceptors (Lipinski definition) is 4. The van der Waals surface area contributed by atoms with E-state index in [0.29, 0.717) is 24.3 Å². The molecule has 1 atom stereocenters. The van der Waals surface area contributed by atoms with Crippen LogP contribution in [0.4, 0.5) is 5.69 Å². The summed E-state index contributed by atoms with van der Waals surface area (Å²) in [7, 11) is -3.58. The molecule has 2 heterocycles. The molecule has 0 unspecified atom stereocenters. The maximum Gasteiger partial charge on any atom is 0.327 e. The SMILES string of the molecule is CC(=O)N1c2ccc(S(=O)(=O)N3CCCCC3)cc2C[C@H]1C(=O)O. The molecule has 1 saturated heterocycles. The van der Waals surface area contributed by atoms with E-state index in [1.807, 2.05) is 0 Å². The van der Waals surface area contributed by atoms with Crippen LogP contribution in [-0.4, -0.2) is 48.8 Å². The van der Waals surface area contributed by atoms with Gasteiger partial charge < -0.3 is 5.11 Å². The van der Waals surface area contributed by atoms with Crippen molar-refractivity contribution in [1.82, 2.24) is 4.31 Å². The van der Waals surface area contributed by atoms with Crippen molar-refractivity contribution in [3.8, 4) is 0 Å². The van der Waals surface area contributed by atoms with E-state index < -0.39 is 22.0 Å². The lowest BCUT2D eigenvalue weighted by molar-refractivity contribution is -0.139. The smallest absolute Gasteiger partial charge is 0.327 e. The van der Waals surface area contributed by atoms with Crippen LogP contribution in [0.5, 0.6) is 0 Å². The third-order valence-electron chi connectivity index (χ3n) is 4.61. The molecule has 1 N–H and O–H groups in total. The topological polar surface area (TPSA) is 95.0 Å². The molecule has 2 aliphatic rings. The minimum Gasteiger partial charge on any atom is -0.480 e. The number of carbonyl (C=O) groups is 2. The van der Waals surface area contributed by atoms with Crippen LogP contribution in [0.3, 0.4) is 0 Å². The van der Waals surface area contributed by atoms with E-state index in [2.05, 4.69) is 0 Å². The second kappa shape index (κ2) is 6.18. The number of hydrogen-bond donors (Lipinski definition) is 1. The Morgan fingerprint density at radius 3 is 2.42 bits per heavy atom. The number of fused-ring (bicyclic) bond motifs is 1. The van der Waals surface area contributed by atoms with Crippen molar-refractivity contribution in [2.75, 3.05) is 18.0 Å². The average molecular weight is 352 g/mol. The second-order valence-electron chi connectivity index (χ2n) is 6.20. The molecule has 1 aromatic carbocycles. The number of amides is 1. The predicted octanol–water partition coefficient (Wildman–Crippen LogP) is 1.22. The monoisotopic (exact) mass is 352 g/mol. The van der Waals surface area contributed by atoms with Crippen molar-refractivity contribution in [2.24, 2.45) is 0 Å². The fraction of sp³-hybridized carbons (Fsp3) is 0.500. The molecule has 1 aromatic rings. The number of nitrogens with zero attached hydrogens (tertiary/aromatic N) is 2. The maximum atomic E-state index is 12.7. The molecule has 8 heteroatoms. The zero-order valence-corrected chi connectivity index (χ0v) is 14.3. The Bertz CT molecular complexity index is 784. The predicted molar refractivity (Wildman–Crippen MR) is 87.3 cm³/mol. The number of anilines is 1. The van der Waals surface area contributed by atoms with E-state index in [9.17, 15) is 23.1 Å². The lowest BCUT2D eigenvalue weighted by Gasteiger charge is -2.26. The van der Waals surface area contributed by atoms with Gasteiger partial charge in [-0.1, -0.05) is 6.42 Å². The number of aliphatic carboxylic acids is 1. The fourth-order valence-electron chi connectivity index (χ4n) is 3.43. The van der Waals surface area contributed by atoms with Crippen LogP contribution >= 0.6 is 0 Å². The Kier molecular flexibility index (Phi) is 4.35. The van der Waals surface area contributed by atoms with Crippen LogP contribution in [0, 0.1) is 0 Å². The van der Waals surface area contributed by atoms with Gasteiger partial charge in [-0.3, -0.25) is 9.69 Å². The number of sulfonamides is 1. The van der Waals surface area contributed by atoms with Crippen LogP contribution in [0.15, 0.2) is 23.1 Å². The summed E-state index contributed by atoms with van der Waals surface area (Å²) in [5, 5.41) is 9.32. The molecular formula is C16H20N2O5S. The first-order valence-electron chi connectivity index (χ1n) is 7.98. The van der Waals surface area contributed by atoms with Crippen LogP contribution in [0.25, 0.3) is 0 Å². The second-order valence-corrected chi connectivity index (χ2v) is 8.14. The van der Waals surface area contributed by atoms with Gasteiger partial charge in [0.25, 0.3) is 0 Å². The summed E-state index contributed by atoms with van der Waals surface area (Å²) in [6.07, 6.45) is 2.85. The average Bonchev–Trinajstić information content (AvgIpc) is 2.94. The molecule has 0 spiro atoms. The van der Waals surface area contributed by atoms with E-state index in [1.54, 1.807) is 0 Å². The van der Waals surface area contributed by atoms with E-state index in [4.69, 9.17) is 0 Å². The van der Waals surface area contributed by atoms with Gasteiger partial charge in [-0.25, -0.2) is 13.2 Å². The first-order valence-corrected chi connectivity index (χ1v) is 9.42. The van der Waals surface area contributed by atoms with Gasteiger partial charge in [-0.05, 0) is 36.6 Å². The minimum absolute atomic E-state index is 0.119. The van der Waals surface area contributed by atoms with Crippen molar-refractivity contribution in [3.63, 3.8) is 0 Å². The minimum atomic E-state index is -3.58. The van der Waals surface area contributed by atoms with Gasteiger partial charge in [0.2, 0.25) is 15.9 Å². The molecule has 1 amide bonds. The van der Waals surface area contributed by atoms with E-state index in [1.165, 1.54) is 34.3 Å². The first kappa shape index (κ1) is 16.9. The molecule has 0 radical (unpaired) electrons. The zero-order valence-electron chi connectivity index (χ0n) is 13.4. The van der Waals surface area contributed by atoms with E-state index in [0.717, 1.165) is 19.3 Å². The van der Waals surface area contributed by atoms with Gasteiger partial charge in [0.05, 0.1) is 4.90 Å². The third kappa shape index (κ3) is 2.80. The summed E-state index contributed by atoms with van der Waals surface area (Å²) >= 11 is 0. The van der Waals surface area contributed by atoms with Gasteiger partial charge in [0.15, 0.2) is 0 Å². The Morgan fingerprint density at radius 2 is 1.83 bits per heavy atom. The van der Waals surface area contributed by atoms with Gasteiger partial charge in [0, 0.05) is 32.1 Å². The van der Waals surface area contributed by atoms with Crippen molar-refractivity contribution in [3.05, 3.63) is 23.8 Å². The highest BCUT2D eigenvalue weighted by molar-refractivity contribution is 7.89. The number of rotatable bonds is 3. The number of benzene rings is 1. The molecule has 0 saturated carbocycles. The Labute approximate surface area is 140 Å². The van der Waals surface area contributed by atoms with Gasteiger partial charge >= 0.3 is 5.97 Å². The lowest BCUT2D eigenvalue weighted by Crippen LogP contribution is -2.41. The summed E-state index contributed by atoms with van der Waals surface area (Å²) in [6.45, 7) is 2.33. The van der Waals surface area contributed by atoms with E-state index in [-0.39, 0.29) is 17.2 Å². The van der Waals surface area contributed by atoms with Gasteiger partial charge in [0.1, 0.15) is 6.04 Å². The Balaban J connectivity index is 1.97. The van der Waals surface area contributed by atoms with Gasteiger partial charge in [-0.2, -0.15) is 4.31 Å². The summed E-state index contributed by atoms with van der Waals surface area (Å²) in [5.74, 6) is -1.46. The van der Waals surface area contributed by atoms with Crippen molar-refractivity contribution in [2.45, 2.75) is 43.5 Å². The van der Waals surface area contributed by atoms with Crippen molar-refractivity contribution < 1.29 is 23.1 Å². The molecule has 130 valence electrons. The lowest BCUT2D eigenvalue weighted by atomic mass is 10.1. The maximum absolute atomic E-state index is 12.7. The van der Waals surface area contributed by atoms with Crippen molar-refractivity contribution in [1.29, 1.82) is 0 Å². The zero-order chi connectivity index (χ0) is 17.5. The number of carboxylic acids is 1. The normalized spacial score (nSPS) is 21.5. The highest BCUT2D eigenvalue weighted by Crippen LogP contribution is 2.35. The van der Waals surface area contributed by atoms with Crippen LogP contribution in [0.1, 0.15) is 31.7 Å². The molecule has 1 fully saturated rings. The van der Waals surface area contributed by atoms with Crippen LogP contribution in [0.2, 0.25) is 0 Å². The van der Waals surface area contributed by atoms with Crippen molar-refractivity contribution >= 4 is 27.6 Å². The summed E-state index contributed by atoms with van der Waals surface area (Å²) in [5.41, 5.74) is 1.06. The molecule has 24 heavy (non-hydrogen) atoms. The molecular weight excluding hydrogens is 332 g/mol. The number of carboxylic acid groups (broad SMARTS) is 1. The number of piperidine rings is 1. The molecule has 2 aliphatic heterocycles. The fourth-order valence-corrected chi connectivity index (χ4v) is 5.00. The molecule has 3 rings (SSSR count). The standard InChI is InChI=1S/C16H20N2O5S/c1-11(19)18-14-6-5-13(9-12(14)10-15(18)16(20)21)24(22,23)17-7-3-2-4-8-17/h5-6,9,15H,2-4,7-8,10H2,1H3,(H,20,21)/t15-/m0/s1. The first-order chi connectivity index (χ1) is 11.3. The van der Waals surface area contributed by atoms with Gasteiger partial charge in [-0.15, -0.1) is 0 Å². The molecule has 0 bridgehead atoms. The van der Waals surface area contributed by atoms with Crippen LogP contribution in [-0.2, 0) is 26.0 Å². The molecule has 0 aliphatic carbocycles. The summed E-state index contributed by atoms with van der Waals surface area (Å²) in [6, 6.07) is 3.53. The highest BCUT2D eigenvalue weighted by Gasteiger charge is 2.38. The molecule has 0 aromatic heterocycles. The largest absolute Gasteiger partial charge is 0.480 e. The molecule has 7 nitrogen and oxygen atoms in total. The highest BCUT2D eigenvalue weighted by atomic mass is 32.2. The summed E-state index contributed by atoms with van der Waals surface area (Å²) in [4.78, 5) is 24.6. The Hall–Kier alpha value is -1.93. The van der Waals surface area contributed by atoms with E-state index >= 15 is 0 Å². The quantitative estimate of drug-likeness (QED) is 0.883. The number of carbonyl (C=O) groups excluding carboxylic acids is 1.